The van der Waals surface area contributed by atoms with E-state index in [1.165, 1.54) is 6.33 Å². The number of aromatic nitrogens is 5. The molecule has 4 aromatic rings. The number of nitrogens with two attached hydrogens (primary N) is 1. The van der Waals surface area contributed by atoms with Gasteiger partial charge in [0.25, 0.3) is 0 Å². The number of imidazole rings is 1. The van der Waals surface area contributed by atoms with Crippen LogP contribution in [-0.4, -0.2) is 156 Å². The molecule has 0 radical (unpaired) electrons. The fraction of sp³-hybridized carbons (Fsp3) is 0.641. The fourth-order valence-electron chi connectivity index (χ4n) is 6.65. The van der Waals surface area contributed by atoms with Crippen molar-refractivity contribution in [2.75, 3.05) is 132 Å². The van der Waals surface area contributed by atoms with Gasteiger partial charge in [0.1, 0.15) is 29.1 Å². The van der Waals surface area contributed by atoms with E-state index in [-0.39, 0.29) is 17.7 Å². The lowest BCUT2D eigenvalue weighted by Gasteiger charge is -2.26. The van der Waals surface area contributed by atoms with E-state index in [1.807, 2.05) is 24.3 Å². The van der Waals surface area contributed by atoms with Gasteiger partial charge in [-0.25, -0.2) is 14.5 Å². The minimum Gasteiger partial charge on any atom is -0.495 e. The Kier molecular flexibility index (Phi) is 20.4. The van der Waals surface area contributed by atoms with Gasteiger partial charge >= 0.3 is 0 Å². The van der Waals surface area contributed by atoms with Crippen molar-refractivity contribution in [1.29, 1.82) is 0 Å². The summed E-state index contributed by atoms with van der Waals surface area (Å²) in [4.78, 5) is 28.4. The van der Waals surface area contributed by atoms with Crippen LogP contribution in [0, 0.1) is 5.92 Å². The molecule has 0 atom stereocenters. The number of nitrogens with one attached hydrogen (secondary N) is 2. The Morgan fingerprint density at radius 1 is 0.847 bits per heavy atom. The van der Waals surface area contributed by atoms with E-state index in [4.69, 9.17) is 58.9 Å². The van der Waals surface area contributed by atoms with Crippen molar-refractivity contribution in [3.8, 4) is 17.1 Å². The first-order valence-electron chi connectivity index (χ1n) is 20.2. The van der Waals surface area contributed by atoms with E-state index in [0.29, 0.717) is 136 Å². The third-order valence-corrected chi connectivity index (χ3v) is 9.59. The Balaban J connectivity index is 0.827. The number of azide groups is 1. The van der Waals surface area contributed by atoms with Crippen LogP contribution in [0.3, 0.4) is 0 Å². The fourth-order valence-corrected chi connectivity index (χ4v) is 6.65. The number of rotatable bonds is 31. The number of hydrogen-bond donors (Lipinski definition) is 3. The van der Waals surface area contributed by atoms with Crippen LogP contribution in [0.15, 0.2) is 35.7 Å². The molecule has 5 rings (SSSR count). The van der Waals surface area contributed by atoms with E-state index in [1.54, 1.807) is 11.6 Å². The number of hydrogen-bond acceptors (Lipinski definition) is 15. The molecule has 1 amide bonds. The number of carbonyl (C=O) groups is 1. The average molecular weight is 827 g/mol. The second kappa shape index (κ2) is 26.5. The number of ether oxygens (including phenoxy) is 9. The van der Waals surface area contributed by atoms with Gasteiger partial charge in [-0.1, -0.05) is 17.2 Å². The lowest BCUT2D eigenvalue weighted by molar-refractivity contribution is -0.126. The lowest BCUT2D eigenvalue weighted by atomic mass is 9.81. The van der Waals surface area contributed by atoms with Crippen LogP contribution in [0.1, 0.15) is 37.4 Å². The second-order valence-corrected chi connectivity index (χ2v) is 13.5. The number of fused-ring (bicyclic) bond motifs is 2. The molecule has 1 aliphatic carbocycles. The highest BCUT2D eigenvalue weighted by Crippen LogP contribution is 2.39. The zero-order valence-electron chi connectivity index (χ0n) is 33.9. The maximum Gasteiger partial charge on any atom is 0.223 e. The smallest absolute Gasteiger partial charge is 0.223 e. The Morgan fingerprint density at radius 2 is 1.41 bits per heavy atom. The lowest BCUT2D eigenvalue weighted by Crippen LogP contribution is -2.35. The molecule has 0 bridgehead atoms. The van der Waals surface area contributed by atoms with Gasteiger partial charge in [0.2, 0.25) is 5.91 Å². The highest BCUT2D eigenvalue weighted by Gasteiger charge is 2.31. The molecule has 3 heterocycles. The van der Waals surface area contributed by atoms with Gasteiger partial charge in [-0.05, 0) is 43.3 Å². The van der Waals surface area contributed by atoms with Crippen LogP contribution < -0.4 is 15.8 Å². The van der Waals surface area contributed by atoms with Crippen molar-refractivity contribution in [1.82, 2.24) is 29.9 Å². The van der Waals surface area contributed by atoms with E-state index < -0.39 is 0 Å². The molecule has 0 unspecified atom stereocenters. The number of anilines is 1. The molecular weight excluding hydrogens is 768 g/mol. The largest absolute Gasteiger partial charge is 0.495 e. The molecule has 3 aromatic heterocycles. The zero-order valence-corrected chi connectivity index (χ0v) is 33.9. The van der Waals surface area contributed by atoms with Gasteiger partial charge in [-0.2, -0.15) is 5.10 Å². The second-order valence-electron chi connectivity index (χ2n) is 13.5. The number of aromatic amines is 1. The summed E-state index contributed by atoms with van der Waals surface area (Å²) in [7, 11) is 1.65. The predicted octanol–water partition coefficient (Wildman–Crippen LogP) is 3.70. The maximum absolute atomic E-state index is 13.0. The van der Waals surface area contributed by atoms with E-state index in [9.17, 15) is 4.79 Å². The predicted molar refractivity (Wildman–Crippen MR) is 217 cm³/mol. The number of nitrogens with zero attached hydrogens (tertiary/aromatic N) is 7. The third-order valence-electron chi connectivity index (χ3n) is 9.59. The van der Waals surface area contributed by atoms with Crippen LogP contribution >= 0.6 is 0 Å². The molecule has 20 heteroatoms. The van der Waals surface area contributed by atoms with Gasteiger partial charge in [0.15, 0.2) is 5.82 Å². The quantitative estimate of drug-likeness (QED) is 0.0284. The molecule has 324 valence electrons. The normalized spacial score (nSPS) is 15.5. The van der Waals surface area contributed by atoms with Crippen molar-refractivity contribution < 1.29 is 47.4 Å². The summed E-state index contributed by atoms with van der Waals surface area (Å²) in [6, 6.07) is 7.91. The van der Waals surface area contributed by atoms with Gasteiger partial charge in [0.05, 0.1) is 124 Å². The van der Waals surface area contributed by atoms with Crippen molar-refractivity contribution in [3.63, 3.8) is 0 Å². The van der Waals surface area contributed by atoms with E-state index >= 15 is 0 Å². The third kappa shape index (κ3) is 14.9. The summed E-state index contributed by atoms with van der Waals surface area (Å²) in [5.41, 5.74) is 17.6. The molecule has 1 fully saturated rings. The Bertz CT molecular complexity index is 1860. The minimum atomic E-state index is -0.0653. The van der Waals surface area contributed by atoms with Gasteiger partial charge in [-0.15, -0.1) is 0 Å². The van der Waals surface area contributed by atoms with Crippen molar-refractivity contribution >= 4 is 28.1 Å². The van der Waals surface area contributed by atoms with E-state index in [2.05, 4.69) is 30.4 Å². The number of carbonyl (C=O) groups excluding carboxylic acids is 1. The number of nitrogen functional groups attached to an aromatic ring is 1. The highest BCUT2D eigenvalue weighted by atomic mass is 16.6. The summed E-state index contributed by atoms with van der Waals surface area (Å²) in [6.07, 6.45) is 4.56. The minimum absolute atomic E-state index is 0.0492. The number of H-pyrrole nitrogens is 1. The van der Waals surface area contributed by atoms with Crippen LogP contribution in [0.2, 0.25) is 0 Å². The summed E-state index contributed by atoms with van der Waals surface area (Å²) in [5.74, 6) is 2.03. The van der Waals surface area contributed by atoms with Crippen LogP contribution in [0.4, 0.5) is 5.82 Å². The number of amides is 1. The maximum atomic E-state index is 13.0. The van der Waals surface area contributed by atoms with E-state index in [0.717, 1.165) is 53.9 Å². The van der Waals surface area contributed by atoms with Gasteiger partial charge in [0, 0.05) is 35.2 Å². The molecule has 59 heavy (non-hydrogen) atoms. The summed E-state index contributed by atoms with van der Waals surface area (Å²) in [6.45, 7) is 8.06. The zero-order chi connectivity index (χ0) is 41.3. The molecule has 0 saturated heterocycles. The highest BCUT2D eigenvalue weighted by molar-refractivity contribution is 5.93. The van der Waals surface area contributed by atoms with Crippen molar-refractivity contribution in [2.24, 2.45) is 11.0 Å². The molecule has 0 aliphatic heterocycles. The summed E-state index contributed by atoms with van der Waals surface area (Å²) in [5, 5.41) is 11.9. The number of methoxy groups -OCH3 is 1. The molecular formula is C39H58N10O10. The van der Waals surface area contributed by atoms with Gasteiger partial charge < -0.3 is 58.7 Å². The number of benzene rings is 1. The standard InChI is InChI=1S/C39H58N10O10/c1-51-33-4-2-3-31-27-32(46-34(31)33)35-36-37(40)43-28-45-49(36)38(47-35)29-5-7-30(8-6-29)39(50)42-9-11-52-13-15-54-17-19-56-21-23-58-25-26-59-24-22-57-20-18-55-16-14-53-12-10-44-48-41/h2-4,27-30,46H,5-26H2,1H3,(H,42,50)(H2,40,43,45). The van der Waals surface area contributed by atoms with Crippen LogP contribution in [0.5, 0.6) is 5.75 Å². The molecule has 1 aliphatic rings. The first-order valence-corrected chi connectivity index (χ1v) is 20.2. The number of para-hydroxylation sites is 1. The molecule has 20 nitrogen and oxygen atoms in total. The first kappa shape index (κ1) is 45.5. The summed E-state index contributed by atoms with van der Waals surface area (Å²) < 4.78 is 51.1. The monoisotopic (exact) mass is 826 g/mol. The Hall–Kier alpha value is -4.63. The van der Waals surface area contributed by atoms with Crippen molar-refractivity contribution in [2.45, 2.75) is 31.6 Å². The average Bonchev–Trinajstić information content (AvgIpc) is 3.88. The first-order chi connectivity index (χ1) is 29.1. The van der Waals surface area contributed by atoms with Gasteiger partial charge in [-0.3, -0.25) is 4.79 Å². The van der Waals surface area contributed by atoms with Crippen LogP contribution in [-0.2, 0) is 42.7 Å². The Labute approximate surface area is 343 Å². The molecule has 4 N–H and O–H groups in total. The summed E-state index contributed by atoms with van der Waals surface area (Å²) >= 11 is 0. The SMILES string of the molecule is COc1cccc2cc(-c3nc(C4CCC(C(=O)NCCOCCOCCOCCOCCOCCOCCOCCOCCN=[N+]=[N-])CC4)n4ncnc(N)c34)[nH]c12. The van der Waals surface area contributed by atoms with Crippen LogP contribution in [0.25, 0.3) is 38.3 Å². The van der Waals surface area contributed by atoms with Crippen molar-refractivity contribution in [3.05, 3.63) is 46.9 Å². The molecule has 0 spiro atoms. The molecule has 1 aromatic carbocycles. The Morgan fingerprint density at radius 3 is 1.97 bits per heavy atom. The topological polar surface area (TPSA) is 246 Å². The molecule has 1 saturated carbocycles.